The smallest absolute Gasteiger partial charge is 0.410 e. The van der Waals surface area contributed by atoms with Crippen molar-refractivity contribution in [1.29, 1.82) is 0 Å². The van der Waals surface area contributed by atoms with E-state index in [2.05, 4.69) is 0 Å². The summed E-state index contributed by atoms with van der Waals surface area (Å²) in [4.78, 5) is 13.7. The molecule has 1 aromatic rings. The van der Waals surface area contributed by atoms with Gasteiger partial charge in [-0.05, 0) is 30.9 Å². The molecule has 1 heterocycles. The first-order chi connectivity index (χ1) is 8.74. The molecular weight excluding hydrogens is 230 g/mol. The maximum absolute atomic E-state index is 12.0. The van der Waals surface area contributed by atoms with Crippen molar-refractivity contribution in [1.82, 2.24) is 4.90 Å². The highest BCUT2D eigenvalue weighted by molar-refractivity contribution is 5.71. The van der Waals surface area contributed by atoms with Gasteiger partial charge in [0.05, 0.1) is 6.10 Å². The van der Waals surface area contributed by atoms with E-state index in [0.717, 1.165) is 12.8 Å². The predicted octanol–water partition coefficient (Wildman–Crippen LogP) is 1.89. The molecule has 1 saturated heterocycles. The van der Waals surface area contributed by atoms with E-state index in [-0.39, 0.29) is 18.1 Å². The van der Waals surface area contributed by atoms with Crippen molar-refractivity contribution in [2.45, 2.75) is 18.9 Å². The molecule has 3 unspecified atom stereocenters. The average molecular weight is 247 g/mol. The molecule has 4 nitrogen and oxygen atoms in total. The molecule has 0 spiro atoms. The Balaban J connectivity index is 1.62. The third kappa shape index (κ3) is 2.08. The zero-order valence-electron chi connectivity index (χ0n) is 10.2. The Bertz CT molecular complexity index is 434. The third-order valence-electron chi connectivity index (χ3n) is 4.03. The van der Waals surface area contributed by atoms with E-state index in [4.69, 9.17) is 4.74 Å². The number of rotatable bonds is 1. The van der Waals surface area contributed by atoms with E-state index in [1.165, 1.54) is 0 Å². The van der Waals surface area contributed by atoms with Crippen LogP contribution < -0.4 is 4.74 Å². The van der Waals surface area contributed by atoms with Crippen LogP contribution in [-0.4, -0.2) is 35.3 Å². The number of likely N-dealkylation sites (tertiary alicyclic amines) is 1. The highest BCUT2D eigenvalue weighted by atomic mass is 16.6. The third-order valence-corrected chi connectivity index (χ3v) is 4.03. The molecule has 0 radical (unpaired) electrons. The van der Waals surface area contributed by atoms with Gasteiger partial charge in [-0.25, -0.2) is 4.79 Å². The molecule has 18 heavy (non-hydrogen) atoms. The van der Waals surface area contributed by atoms with Crippen LogP contribution in [0.1, 0.15) is 12.8 Å². The number of para-hydroxylation sites is 1. The number of carbonyl (C=O) groups is 1. The van der Waals surface area contributed by atoms with Crippen LogP contribution in [-0.2, 0) is 0 Å². The molecule has 1 aliphatic heterocycles. The van der Waals surface area contributed by atoms with Gasteiger partial charge >= 0.3 is 6.09 Å². The normalized spacial score (nSPS) is 30.3. The first-order valence-corrected chi connectivity index (χ1v) is 6.44. The Kier molecular flexibility index (Phi) is 2.96. The van der Waals surface area contributed by atoms with E-state index < -0.39 is 0 Å². The van der Waals surface area contributed by atoms with Gasteiger partial charge in [0.1, 0.15) is 5.75 Å². The summed E-state index contributed by atoms with van der Waals surface area (Å²) in [6.07, 6.45) is 1.34. The van der Waals surface area contributed by atoms with Crippen molar-refractivity contribution in [3.8, 4) is 5.75 Å². The highest BCUT2D eigenvalue weighted by Gasteiger charge is 2.43. The lowest BCUT2D eigenvalue weighted by Crippen LogP contribution is -2.33. The van der Waals surface area contributed by atoms with Crippen LogP contribution in [0.4, 0.5) is 4.79 Å². The number of aliphatic hydroxyl groups is 1. The summed E-state index contributed by atoms with van der Waals surface area (Å²) >= 11 is 0. The Morgan fingerprint density at radius 1 is 1.22 bits per heavy atom. The minimum atomic E-state index is -0.303. The monoisotopic (exact) mass is 247 g/mol. The van der Waals surface area contributed by atoms with E-state index in [1.54, 1.807) is 17.0 Å². The number of ether oxygens (including phenoxy) is 1. The zero-order chi connectivity index (χ0) is 12.5. The molecule has 1 N–H and O–H groups in total. The first-order valence-electron chi connectivity index (χ1n) is 6.44. The van der Waals surface area contributed by atoms with Crippen LogP contribution in [0.15, 0.2) is 30.3 Å². The molecule has 2 fully saturated rings. The van der Waals surface area contributed by atoms with Gasteiger partial charge in [-0.3, -0.25) is 0 Å². The van der Waals surface area contributed by atoms with Crippen molar-refractivity contribution in [3.05, 3.63) is 30.3 Å². The summed E-state index contributed by atoms with van der Waals surface area (Å²) in [7, 11) is 0. The second-order valence-electron chi connectivity index (χ2n) is 5.15. The zero-order valence-corrected chi connectivity index (χ0v) is 10.2. The number of carbonyl (C=O) groups excluding carboxylic acids is 1. The van der Waals surface area contributed by atoms with Gasteiger partial charge < -0.3 is 14.7 Å². The van der Waals surface area contributed by atoms with Crippen LogP contribution in [0.2, 0.25) is 0 Å². The topological polar surface area (TPSA) is 49.8 Å². The van der Waals surface area contributed by atoms with Crippen LogP contribution >= 0.6 is 0 Å². The largest absolute Gasteiger partial charge is 0.415 e. The van der Waals surface area contributed by atoms with E-state index in [9.17, 15) is 9.90 Å². The van der Waals surface area contributed by atoms with Crippen molar-refractivity contribution < 1.29 is 14.6 Å². The molecular formula is C14H17NO3. The molecule has 1 aliphatic carbocycles. The van der Waals surface area contributed by atoms with Crippen molar-refractivity contribution >= 4 is 6.09 Å². The second kappa shape index (κ2) is 4.61. The Hall–Kier alpha value is -1.55. The molecule has 96 valence electrons. The molecule has 0 bridgehead atoms. The maximum atomic E-state index is 12.0. The van der Waals surface area contributed by atoms with E-state index >= 15 is 0 Å². The minimum absolute atomic E-state index is 0.244. The molecule has 3 atom stereocenters. The second-order valence-corrected chi connectivity index (χ2v) is 5.15. The van der Waals surface area contributed by atoms with Crippen LogP contribution in [0.3, 0.4) is 0 Å². The molecule has 1 saturated carbocycles. The molecule has 3 rings (SSSR count). The van der Waals surface area contributed by atoms with Gasteiger partial charge in [0.2, 0.25) is 0 Å². The molecule has 2 aliphatic rings. The summed E-state index contributed by atoms with van der Waals surface area (Å²) in [6.45, 7) is 1.34. The van der Waals surface area contributed by atoms with Gasteiger partial charge in [0.15, 0.2) is 0 Å². The highest BCUT2D eigenvalue weighted by Crippen LogP contribution is 2.38. The summed E-state index contributed by atoms with van der Waals surface area (Å²) in [5, 5.41) is 9.81. The van der Waals surface area contributed by atoms with Gasteiger partial charge in [-0.15, -0.1) is 0 Å². The fourth-order valence-corrected chi connectivity index (χ4v) is 3.04. The fourth-order valence-electron chi connectivity index (χ4n) is 3.04. The molecule has 1 amide bonds. The summed E-state index contributed by atoms with van der Waals surface area (Å²) in [5.41, 5.74) is 0. The fraction of sp³-hybridized carbons (Fsp3) is 0.500. The number of fused-ring (bicyclic) bond motifs is 1. The van der Waals surface area contributed by atoms with Gasteiger partial charge in [-0.1, -0.05) is 18.2 Å². The van der Waals surface area contributed by atoms with Crippen LogP contribution in [0.5, 0.6) is 5.75 Å². The van der Waals surface area contributed by atoms with Crippen molar-refractivity contribution in [3.63, 3.8) is 0 Å². The molecule has 0 aromatic heterocycles. The lowest BCUT2D eigenvalue weighted by molar-refractivity contribution is 0.120. The SMILES string of the molecule is O=C(Oc1ccccc1)N1CC2CCC(O)C2C1. The number of nitrogens with zero attached hydrogens (tertiary/aromatic N) is 1. The number of hydrogen-bond donors (Lipinski definition) is 1. The van der Waals surface area contributed by atoms with E-state index in [0.29, 0.717) is 24.8 Å². The standard InChI is InChI=1S/C14H17NO3/c16-13-7-6-10-8-15(9-12(10)13)14(17)18-11-4-2-1-3-5-11/h1-5,10,12-13,16H,6-9H2. The van der Waals surface area contributed by atoms with Crippen LogP contribution in [0.25, 0.3) is 0 Å². The predicted molar refractivity (Wildman–Crippen MR) is 66.3 cm³/mol. The maximum Gasteiger partial charge on any atom is 0.415 e. The lowest BCUT2D eigenvalue weighted by atomic mass is 10.00. The van der Waals surface area contributed by atoms with Crippen molar-refractivity contribution in [2.75, 3.05) is 13.1 Å². The molecule has 1 aromatic carbocycles. The number of amides is 1. The Morgan fingerprint density at radius 3 is 2.72 bits per heavy atom. The van der Waals surface area contributed by atoms with Gasteiger partial charge in [0.25, 0.3) is 0 Å². The Morgan fingerprint density at radius 2 is 2.00 bits per heavy atom. The first kappa shape index (κ1) is 11.5. The summed E-state index contributed by atoms with van der Waals surface area (Å²) in [6, 6.07) is 9.09. The quantitative estimate of drug-likeness (QED) is 0.824. The van der Waals surface area contributed by atoms with Crippen molar-refractivity contribution in [2.24, 2.45) is 11.8 Å². The summed E-state index contributed by atoms with van der Waals surface area (Å²) in [5.74, 6) is 1.26. The minimum Gasteiger partial charge on any atom is -0.410 e. The van der Waals surface area contributed by atoms with Crippen LogP contribution in [0, 0.1) is 11.8 Å². The number of benzene rings is 1. The number of aliphatic hydroxyl groups excluding tert-OH is 1. The van der Waals surface area contributed by atoms with E-state index in [1.807, 2.05) is 18.2 Å². The Labute approximate surface area is 106 Å². The summed E-state index contributed by atoms with van der Waals surface area (Å²) < 4.78 is 5.30. The lowest BCUT2D eigenvalue weighted by Gasteiger charge is -2.17. The number of hydrogen-bond acceptors (Lipinski definition) is 3. The van der Waals surface area contributed by atoms with Gasteiger partial charge in [0, 0.05) is 19.0 Å². The average Bonchev–Trinajstić information content (AvgIpc) is 2.93. The van der Waals surface area contributed by atoms with Gasteiger partial charge in [-0.2, -0.15) is 0 Å². The molecule has 4 heteroatoms.